The molecule has 0 aliphatic heterocycles. The van der Waals surface area contributed by atoms with Crippen molar-refractivity contribution < 1.29 is 14.7 Å². The van der Waals surface area contributed by atoms with Crippen LogP contribution in [0.1, 0.15) is 48.2 Å². The van der Waals surface area contributed by atoms with Gasteiger partial charge in [0.2, 0.25) is 0 Å². The highest BCUT2D eigenvalue weighted by atomic mass is 16.4. The Hall–Kier alpha value is -1.84. The minimum absolute atomic E-state index is 0.0419. The molecule has 0 aliphatic rings. The molecule has 0 fully saturated rings. The second kappa shape index (κ2) is 5.87. The Kier molecular flexibility index (Phi) is 4.70. The van der Waals surface area contributed by atoms with Gasteiger partial charge < -0.3 is 10.4 Å². The first-order valence-corrected chi connectivity index (χ1v) is 6.33. The molecule has 104 valence electrons. The van der Waals surface area contributed by atoms with Crippen molar-refractivity contribution in [3.63, 3.8) is 0 Å². The maximum atomic E-state index is 12.1. The number of carbonyl (C=O) groups excluding carboxylic acids is 1. The van der Waals surface area contributed by atoms with Crippen LogP contribution >= 0.6 is 0 Å². The van der Waals surface area contributed by atoms with E-state index in [0.717, 1.165) is 11.1 Å². The monoisotopic (exact) mass is 263 g/mol. The Labute approximate surface area is 113 Å². The van der Waals surface area contributed by atoms with Gasteiger partial charge in [-0.25, -0.2) is 0 Å². The summed E-state index contributed by atoms with van der Waals surface area (Å²) in [7, 11) is 0. The van der Waals surface area contributed by atoms with Crippen molar-refractivity contribution in [2.75, 3.05) is 0 Å². The number of carboxylic acid groups (broad SMARTS) is 1. The zero-order chi connectivity index (χ0) is 14.6. The van der Waals surface area contributed by atoms with Crippen LogP contribution in [0.3, 0.4) is 0 Å². The van der Waals surface area contributed by atoms with Gasteiger partial charge in [0.1, 0.15) is 0 Å². The van der Waals surface area contributed by atoms with Crippen LogP contribution in [0, 0.1) is 13.8 Å². The first kappa shape index (κ1) is 15.2. The molecule has 0 aromatic heterocycles. The van der Waals surface area contributed by atoms with Crippen LogP contribution in [0.5, 0.6) is 0 Å². The van der Waals surface area contributed by atoms with Crippen molar-refractivity contribution >= 4 is 11.9 Å². The first-order chi connectivity index (χ1) is 8.71. The highest BCUT2D eigenvalue weighted by Crippen LogP contribution is 2.14. The van der Waals surface area contributed by atoms with Crippen molar-refractivity contribution in [2.24, 2.45) is 0 Å². The molecule has 1 aromatic carbocycles. The minimum atomic E-state index is -0.853. The smallest absolute Gasteiger partial charge is 0.303 e. The lowest BCUT2D eigenvalue weighted by molar-refractivity contribution is -0.137. The lowest BCUT2D eigenvalue weighted by Gasteiger charge is -2.25. The number of amides is 1. The average Bonchev–Trinajstić information content (AvgIpc) is 2.29. The summed E-state index contributed by atoms with van der Waals surface area (Å²) in [6.07, 6.45) is 0.444. The van der Waals surface area contributed by atoms with Gasteiger partial charge in [0.25, 0.3) is 5.91 Å². The molecule has 2 N–H and O–H groups in total. The molecule has 4 nitrogen and oxygen atoms in total. The molecule has 1 amide bonds. The number of hydrogen-bond donors (Lipinski definition) is 2. The van der Waals surface area contributed by atoms with Crippen LogP contribution in [0.15, 0.2) is 18.2 Å². The van der Waals surface area contributed by atoms with Gasteiger partial charge in [0.15, 0.2) is 0 Å². The lowest BCUT2D eigenvalue weighted by Crippen LogP contribution is -2.43. The quantitative estimate of drug-likeness (QED) is 0.858. The van der Waals surface area contributed by atoms with Gasteiger partial charge in [0, 0.05) is 17.5 Å². The second-order valence-corrected chi connectivity index (χ2v) is 5.53. The molecule has 4 heteroatoms. The molecule has 0 saturated heterocycles. The summed E-state index contributed by atoms with van der Waals surface area (Å²) in [5.74, 6) is -1.02. The van der Waals surface area contributed by atoms with Crippen molar-refractivity contribution in [3.05, 3.63) is 34.9 Å². The second-order valence-electron chi connectivity index (χ2n) is 5.53. The van der Waals surface area contributed by atoms with E-state index >= 15 is 0 Å². The van der Waals surface area contributed by atoms with Crippen LogP contribution in [0.25, 0.3) is 0 Å². The maximum Gasteiger partial charge on any atom is 0.303 e. The SMILES string of the molecule is Cc1ccc(C(=O)NC(C)(C)CCC(=O)O)cc1C. The molecule has 19 heavy (non-hydrogen) atoms. The third-order valence-corrected chi connectivity index (χ3v) is 3.18. The van der Waals surface area contributed by atoms with E-state index in [9.17, 15) is 9.59 Å². The van der Waals surface area contributed by atoms with Crippen molar-refractivity contribution in [3.8, 4) is 0 Å². The Bertz CT molecular complexity index is 492. The minimum Gasteiger partial charge on any atom is -0.481 e. The molecular weight excluding hydrogens is 242 g/mol. The standard InChI is InChI=1S/C15H21NO3/c1-10-5-6-12(9-11(10)2)14(19)16-15(3,4)8-7-13(17)18/h5-6,9H,7-8H2,1-4H3,(H,16,19)(H,17,18). The van der Waals surface area contributed by atoms with Gasteiger partial charge in [-0.05, 0) is 57.4 Å². The third-order valence-electron chi connectivity index (χ3n) is 3.18. The number of carbonyl (C=O) groups is 2. The largest absolute Gasteiger partial charge is 0.481 e. The van der Waals surface area contributed by atoms with E-state index in [2.05, 4.69) is 5.32 Å². The molecule has 1 aromatic rings. The van der Waals surface area contributed by atoms with Crippen molar-refractivity contribution in [1.82, 2.24) is 5.32 Å². The van der Waals surface area contributed by atoms with E-state index in [4.69, 9.17) is 5.11 Å². The summed E-state index contributed by atoms with van der Waals surface area (Å²) in [4.78, 5) is 22.7. The van der Waals surface area contributed by atoms with Gasteiger partial charge in [-0.3, -0.25) is 9.59 Å². The van der Waals surface area contributed by atoms with E-state index in [-0.39, 0.29) is 12.3 Å². The summed E-state index contributed by atoms with van der Waals surface area (Å²) in [6.45, 7) is 7.61. The molecular formula is C15H21NO3. The van der Waals surface area contributed by atoms with Gasteiger partial charge in [0.05, 0.1) is 0 Å². The fourth-order valence-electron chi connectivity index (χ4n) is 1.74. The number of aryl methyl sites for hydroxylation is 2. The lowest BCUT2D eigenvalue weighted by atomic mass is 9.97. The van der Waals surface area contributed by atoms with Crippen LogP contribution in [0.4, 0.5) is 0 Å². The van der Waals surface area contributed by atoms with Gasteiger partial charge in [-0.1, -0.05) is 6.07 Å². The maximum absolute atomic E-state index is 12.1. The Morgan fingerprint density at radius 3 is 2.37 bits per heavy atom. The van der Waals surface area contributed by atoms with Crippen molar-refractivity contribution in [2.45, 2.75) is 46.1 Å². The van der Waals surface area contributed by atoms with Crippen LogP contribution in [-0.4, -0.2) is 22.5 Å². The highest BCUT2D eigenvalue weighted by molar-refractivity contribution is 5.94. The Morgan fingerprint density at radius 2 is 1.84 bits per heavy atom. The normalized spacial score (nSPS) is 11.2. The van der Waals surface area contributed by atoms with E-state index in [1.165, 1.54) is 0 Å². The van der Waals surface area contributed by atoms with Gasteiger partial charge in [-0.15, -0.1) is 0 Å². The molecule has 0 heterocycles. The topological polar surface area (TPSA) is 66.4 Å². The zero-order valence-electron chi connectivity index (χ0n) is 11.9. The molecule has 0 radical (unpaired) electrons. The molecule has 1 rings (SSSR count). The summed E-state index contributed by atoms with van der Waals surface area (Å²) in [6, 6.07) is 5.54. The fraction of sp³-hybridized carbons (Fsp3) is 0.467. The number of benzene rings is 1. The summed E-state index contributed by atoms with van der Waals surface area (Å²) in [5.41, 5.74) is 2.28. The molecule has 0 bridgehead atoms. The van der Waals surface area contributed by atoms with Gasteiger partial charge >= 0.3 is 5.97 Å². The third kappa shape index (κ3) is 4.73. The fourth-order valence-corrected chi connectivity index (χ4v) is 1.74. The van der Waals surface area contributed by atoms with E-state index in [1.54, 1.807) is 6.07 Å². The number of hydrogen-bond acceptors (Lipinski definition) is 2. The highest BCUT2D eigenvalue weighted by Gasteiger charge is 2.22. The Morgan fingerprint density at radius 1 is 1.21 bits per heavy atom. The summed E-state index contributed by atoms with van der Waals surface area (Å²) >= 11 is 0. The molecule has 0 saturated carbocycles. The predicted molar refractivity (Wildman–Crippen MR) is 74.3 cm³/mol. The number of nitrogens with one attached hydrogen (secondary N) is 1. The first-order valence-electron chi connectivity index (χ1n) is 6.33. The number of aliphatic carboxylic acids is 1. The zero-order valence-corrected chi connectivity index (χ0v) is 11.9. The molecule has 0 aliphatic carbocycles. The number of rotatable bonds is 5. The van der Waals surface area contributed by atoms with Crippen LogP contribution in [0.2, 0.25) is 0 Å². The van der Waals surface area contributed by atoms with E-state index in [0.29, 0.717) is 12.0 Å². The molecule has 0 unspecified atom stereocenters. The molecule has 0 atom stereocenters. The Balaban J connectivity index is 2.72. The van der Waals surface area contributed by atoms with Crippen molar-refractivity contribution in [1.29, 1.82) is 0 Å². The van der Waals surface area contributed by atoms with E-state index in [1.807, 2.05) is 39.8 Å². The van der Waals surface area contributed by atoms with E-state index < -0.39 is 11.5 Å². The van der Waals surface area contributed by atoms with Crippen LogP contribution < -0.4 is 5.32 Å². The number of carboxylic acids is 1. The average molecular weight is 263 g/mol. The summed E-state index contributed by atoms with van der Waals surface area (Å²) < 4.78 is 0. The van der Waals surface area contributed by atoms with Crippen LogP contribution in [-0.2, 0) is 4.79 Å². The predicted octanol–water partition coefficient (Wildman–Crippen LogP) is 2.68. The summed E-state index contributed by atoms with van der Waals surface area (Å²) in [5, 5.41) is 11.6. The molecule has 0 spiro atoms. The van der Waals surface area contributed by atoms with Gasteiger partial charge in [-0.2, -0.15) is 0 Å².